The molecule has 4 nitrogen and oxygen atoms in total. The molecule has 2 heterocycles. The summed E-state index contributed by atoms with van der Waals surface area (Å²) >= 11 is 11.0. The number of benzene rings is 3. The molecule has 170 valence electrons. The van der Waals surface area contributed by atoms with Crippen LogP contribution in [0.3, 0.4) is 0 Å². The molecule has 0 bridgehead atoms. The average molecular weight is 551 g/mol. The van der Waals surface area contributed by atoms with Crippen LogP contribution in [0.2, 0.25) is 5.02 Å². The van der Waals surface area contributed by atoms with Gasteiger partial charge < -0.3 is 9.88 Å². The molecule has 34 heavy (non-hydrogen) atoms. The molecular formula is C27H21BrClN3OS. The van der Waals surface area contributed by atoms with E-state index >= 15 is 0 Å². The number of hydrogen-bond acceptors (Lipinski definition) is 3. The number of carbonyl (C=O) groups excluding carboxylic acids is 1. The van der Waals surface area contributed by atoms with Gasteiger partial charge >= 0.3 is 0 Å². The van der Waals surface area contributed by atoms with Crippen molar-refractivity contribution in [1.82, 2.24) is 9.88 Å². The number of halogens is 2. The maximum atomic E-state index is 12.8. The first-order valence-corrected chi connectivity index (χ1v) is 12.8. The average Bonchev–Trinajstić information content (AvgIpc) is 3.29. The SMILES string of the molecule is Cc1ccc(Cl)cc1N=C1NC(=O)/C(=C/c2c(C)n(Cc3ccc(Br)cc3)c3ccccc23)S1. The van der Waals surface area contributed by atoms with Crippen LogP contribution in [0.25, 0.3) is 17.0 Å². The van der Waals surface area contributed by atoms with Crippen molar-refractivity contribution >= 4 is 73.0 Å². The van der Waals surface area contributed by atoms with Crippen LogP contribution in [0.4, 0.5) is 5.69 Å². The van der Waals surface area contributed by atoms with Gasteiger partial charge in [0.15, 0.2) is 5.17 Å². The number of thioether (sulfide) groups is 1. The van der Waals surface area contributed by atoms with Gasteiger partial charge in [0.2, 0.25) is 0 Å². The zero-order valence-electron chi connectivity index (χ0n) is 18.6. The molecule has 4 aromatic rings. The predicted molar refractivity (Wildman–Crippen MR) is 147 cm³/mol. The minimum Gasteiger partial charge on any atom is -0.340 e. The molecule has 3 aromatic carbocycles. The molecule has 0 atom stereocenters. The molecule has 1 amide bonds. The molecule has 5 rings (SSSR count). The highest BCUT2D eigenvalue weighted by molar-refractivity contribution is 9.10. The molecule has 0 spiro atoms. The van der Waals surface area contributed by atoms with Crippen LogP contribution in [0.5, 0.6) is 0 Å². The Morgan fingerprint density at radius 3 is 2.65 bits per heavy atom. The van der Waals surface area contributed by atoms with E-state index in [9.17, 15) is 4.79 Å². The number of amides is 1. The summed E-state index contributed by atoms with van der Waals surface area (Å²) in [5, 5.41) is 5.18. The van der Waals surface area contributed by atoms with Crippen LogP contribution in [0, 0.1) is 13.8 Å². The number of fused-ring (bicyclic) bond motifs is 1. The second kappa shape index (κ2) is 9.45. The Kier molecular flexibility index (Phi) is 6.38. The number of aryl methyl sites for hydroxylation is 1. The topological polar surface area (TPSA) is 46.4 Å². The van der Waals surface area contributed by atoms with Gasteiger partial charge in [-0.3, -0.25) is 4.79 Å². The van der Waals surface area contributed by atoms with E-state index in [2.05, 4.69) is 74.1 Å². The molecule has 0 saturated carbocycles. The van der Waals surface area contributed by atoms with Crippen LogP contribution >= 0.6 is 39.3 Å². The van der Waals surface area contributed by atoms with Gasteiger partial charge in [-0.1, -0.05) is 63.9 Å². The molecule has 0 aliphatic carbocycles. The second-order valence-electron chi connectivity index (χ2n) is 8.14. The number of para-hydroxylation sites is 1. The fraction of sp³-hybridized carbons (Fsp3) is 0.111. The molecule has 1 N–H and O–H groups in total. The summed E-state index contributed by atoms with van der Waals surface area (Å²) in [5.41, 5.74) is 6.26. The summed E-state index contributed by atoms with van der Waals surface area (Å²) in [6.07, 6.45) is 1.98. The lowest BCUT2D eigenvalue weighted by Gasteiger charge is -2.09. The van der Waals surface area contributed by atoms with Gasteiger partial charge in [-0.05, 0) is 73.1 Å². The standard InChI is InChI=1S/C27H21BrClN3OS/c1-16-7-12-20(29)13-23(16)30-27-31-26(33)25(34-27)14-22-17(2)32(24-6-4-3-5-21(22)24)15-18-8-10-19(28)11-9-18/h3-14H,15H2,1-2H3,(H,30,31,33)/b25-14-. The first-order chi connectivity index (χ1) is 16.4. The van der Waals surface area contributed by atoms with Crippen molar-refractivity contribution in [2.45, 2.75) is 20.4 Å². The number of nitrogens with zero attached hydrogens (tertiary/aromatic N) is 2. The summed E-state index contributed by atoms with van der Waals surface area (Å²) in [6, 6.07) is 22.2. The number of nitrogens with one attached hydrogen (secondary N) is 1. The third-order valence-corrected chi connectivity index (χ3v) is 7.53. The van der Waals surface area contributed by atoms with E-state index in [1.807, 2.05) is 37.3 Å². The predicted octanol–water partition coefficient (Wildman–Crippen LogP) is 7.61. The zero-order chi connectivity index (χ0) is 23.8. The van der Waals surface area contributed by atoms with E-state index < -0.39 is 0 Å². The number of carbonyl (C=O) groups is 1. The van der Waals surface area contributed by atoms with Crippen molar-refractivity contribution in [3.8, 4) is 0 Å². The van der Waals surface area contributed by atoms with E-state index in [1.54, 1.807) is 6.07 Å². The first kappa shape index (κ1) is 23.0. The number of amidine groups is 1. The van der Waals surface area contributed by atoms with Crippen LogP contribution in [-0.4, -0.2) is 15.6 Å². The zero-order valence-corrected chi connectivity index (χ0v) is 21.8. The molecular weight excluding hydrogens is 530 g/mol. The van der Waals surface area contributed by atoms with E-state index in [1.165, 1.54) is 17.3 Å². The lowest BCUT2D eigenvalue weighted by molar-refractivity contribution is -0.115. The van der Waals surface area contributed by atoms with Gasteiger partial charge in [0, 0.05) is 38.2 Å². The minimum atomic E-state index is -0.146. The van der Waals surface area contributed by atoms with Crippen LogP contribution in [0.1, 0.15) is 22.4 Å². The lowest BCUT2D eigenvalue weighted by atomic mass is 10.1. The van der Waals surface area contributed by atoms with Gasteiger partial charge in [0.05, 0.1) is 10.6 Å². The Balaban J connectivity index is 1.52. The third-order valence-electron chi connectivity index (χ3n) is 5.85. The summed E-state index contributed by atoms with van der Waals surface area (Å²) < 4.78 is 3.36. The maximum Gasteiger partial charge on any atom is 0.264 e. The van der Waals surface area contributed by atoms with Crippen LogP contribution in [-0.2, 0) is 11.3 Å². The number of aromatic nitrogens is 1. The fourth-order valence-electron chi connectivity index (χ4n) is 4.04. The van der Waals surface area contributed by atoms with Gasteiger partial charge in [0.25, 0.3) is 5.91 Å². The first-order valence-electron chi connectivity index (χ1n) is 10.8. The highest BCUT2D eigenvalue weighted by atomic mass is 79.9. The van der Waals surface area contributed by atoms with E-state index in [-0.39, 0.29) is 5.91 Å². The van der Waals surface area contributed by atoms with Gasteiger partial charge in [-0.15, -0.1) is 0 Å². The largest absolute Gasteiger partial charge is 0.340 e. The van der Waals surface area contributed by atoms with E-state index in [0.29, 0.717) is 15.1 Å². The van der Waals surface area contributed by atoms with Crippen molar-refractivity contribution in [3.63, 3.8) is 0 Å². The van der Waals surface area contributed by atoms with Crippen molar-refractivity contribution in [2.75, 3.05) is 0 Å². The molecule has 1 aromatic heterocycles. The molecule has 0 unspecified atom stereocenters. The fourth-order valence-corrected chi connectivity index (χ4v) is 5.29. The Hall–Kier alpha value is -2.80. The molecule has 1 aliphatic rings. The molecule has 0 radical (unpaired) electrons. The van der Waals surface area contributed by atoms with E-state index in [0.717, 1.165) is 44.4 Å². The molecule has 1 aliphatic heterocycles. The Morgan fingerprint density at radius 1 is 1.09 bits per heavy atom. The number of aliphatic imine (C=N–C) groups is 1. The van der Waals surface area contributed by atoms with Crippen molar-refractivity contribution in [3.05, 3.63) is 104 Å². The van der Waals surface area contributed by atoms with Gasteiger partial charge in [-0.25, -0.2) is 4.99 Å². The normalized spacial score (nSPS) is 16.1. The van der Waals surface area contributed by atoms with Gasteiger partial charge in [-0.2, -0.15) is 0 Å². The van der Waals surface area contributed by atoms with Crippen molar-refractivity contribution < 1.29 is 4.79 Å². The monoisotopic (exact) mass is 549 g/mol. The quantitative estimate of drug-likeness (QED) is 0.266. The second-order valence-corrected chi connectivity index (χ2v) is 10.5. The van der Waals surface area contributed by atoms with Crippen molar-refractivity contribution in [2.24, 2.45) is 4.99 Å². The van der Waals surface area contributed by atoms with E-state index in [4.69, 9.17) is 11.6 Å². The molecule has 1 saturated heterocycles. The number of hydrogen-bond donors (Lipinski definition) is 1. The summed E-state index contributed by atoms with van der Waals surface area (Å²) in [6.45, 7) is 4.83. The number of rotatable bonds is 4. The maximum absolute atomic E-state index is 12.8. The Morgan fingerprint density at radius 2 is 1.85 bits per heavy atom. The lowest BCUT2D eigenvalue weighted by Crippen LogP contribution is -2.19. The highest BCUT2D eigenvalue weighted by Gasteiger charge is 2.25. The van der Waals surface area contributed by atoms with Crippen molar-refractivity contribution in [1.29, 1.82) is 0 Å². The Bertz CT molecular complexity index is 1490. The smallest absolute Gasteiger partial charge is 0.264 e. The van der Waals surface area contributed by atoms with Gasteiger partial charge in [0.1, 0.15) is 0 Å². The molecule has 7 heteroatoms. The third kappa shape index (κ3) is 4.58. The summed E-state index contributed by atoms with van der Waals surface area (Å²) in [5.74, 6) is -0.146. The highest BCUT2D eigenvalue weighted by Crippen LogP contribution is 2.34. The Labute approximate surface area is 215 Å². The summed E-state index contributed by atoms with van der Waals surface area (Å²) in [4.78, 5) is 18.0. The minimum absolute atomic E-state index is 0.146. The molecule has 1 fully saturated rings. The van der Waals surface area contributed by atoms with Crippen LogP contribution < -0.4 is 5.32 Å². The summed E-state index contributed by atoms with van der Waals surface area (Å²) in [7, 11) is 0. The van der Waals surface area contributed by atoms with Crippen LogP contribution in [0.15, 0.2) is 81.1 Å².